The molecule has 2 nitrogen and oxygen atoms in total. The van der Waals surface area contributed by atoms with Crippen molar-refractivity contribution in [1.82, 2.24) is 0 Å². The minimum absolute atomic E-state index is 0.775. The third kappa shape index (κ3) is 4.34. The Balaban J connectivity index is 1.90. The van der Waals surface area contributed by atoms with Gasteiger partial charge in [-0.1, -0.05) is 65.4 Å². The van der Waals surface area contributed by atoms with E-state index in [1.165, 1.54) is 37.6 Å². The Kier molecular flexibility index (Phi) is 6.23. The zero-order chi connectivity index (χ0) is 20.4. The van der Waals surface area contributed by atoms with E-state index in [2.05, 4.69) is 119 Å². The molecule has 1 aromatic heterocycles. The fraction of sp³-hybridized carbons (Fsp3) is 0.125. The summed E-state index contributed by atoms with van der Waals surface area (Å²) in [7, 11) is 4.13. The first-order valence-corrected chi connectivity index (χ1v) is 12.0. The lowest BCUT2D eigenvalue weighted by atomic mass is 9.97. The van der Waals surface area contributed by atoms with Gasteiger partial charge in [-0.05, 0) is 63.6 Å². The van der Waals surface area contributed by atoms with Gasteiger partial charge < -0.3 is 4.90 Å². The van der Waals surface area contributed by atoms with E-state index in [1.807, 2.05) is 6.07 Å². The molecule has 0 aliphatic carbocycles. The summed E-state index contributed by atoms with van der Waals surface area (Å²) in [5.41, 5.74) is 6.04. The third-order valence-electron chi connectivity index (χ3n) is 4.86. The lowest BCUT2D eigenvalue weighted by Gasteiger charge is -2.14. The van der Waals surface area contributed by atoms with E-state index in [0.717, 1.165) is 9.57 Å². The first kappa shape index (κ1) is 20.4. The summed E-state index contributed by atoms with van der Waals surface area (Å²) < 4.78 is 4.43. The molecule has 0 bridgehead atoms. The molecule has 0 saturated heterocycles. The van der Waals surface area contributed by atoms with Crippen LogP contribution in [0, 0.1) is 0 Å². The normalized spacial score (nSPS) is 11.8. The zero-order valence-electron chi connectivity index (χ0n) is 16.3. The van der Waals surface area contributed by atoms with Gasteiger partial charge in [0.05, 0.1) is 0 Å². The van der Waals surface area contributed by atoms with Crippen LogP contribution < -0.4 is 9.47 Å². The van der Waals surface area contributed by atoms with Gasteiger partial charge in [0, 0.05) is 36.9 Å². The van der Waals surface area contributed by atoms with E-state index < -0.39 is 0 Å². The monoisotopic (exact) mass is 531 g/mol. The molecule has 0 amide bonds. The van der Waals surface area contributed by atoms with Crippen LogP contribution in [0.1, 0.15) is 16.1 Å². The SMILES string of the molecule is CN(C)c1ccc(/C(=C/c2sc3cc(Cl)ccc3[n+]2CI)c2ccccc2)cc1. The van der Waals surface area contributed by atoms with Crippen molar-refractivity contribution in [3.05, 3.63) is 94.0 Å². The number of benzene rings is 3. The van der Waals surface area contributed by atoms with Crippen LogP contribution in [-0.2, 0) is 4.55 Å². The topological polar surface area (TPSA) is 7.12 Å². The average Bonchev–Trinajstić information content (AvgIpc) is 3.08. The molecule has 0 aliphatic rings. The van der Waals surface area contributed by atoms with E-state index in [1.54, 1.807) is 11.3 Å². The maximum Gasteiger partial charge on any atom is 0.264 e. The summed E-state index contributed by atoms with van der Waals surface area (Å²) in [4.78, 5) is 2.12. The third-order valence-corrected chi connectivity index (χ3v) is 6.87. The Hall–Kier alpha value is -1.89. The van der Waals surface area contributed by atoms with Crippen molar-refractivity contribution in [2.75, 3.05) is 19.0 Å². The van der Waals surface area contributed by atoms with Gasteiger partial charge in [-0.15, -0.1) is 0 Å². The molecule has 0 N–H and O–H groups in total. The van der Waals surface area contributed by atoms with Crippen molar-refractivity contribution in [1.29, 1.82) is 0 Å². The van der Waals surface area contributed by atoms with Crippen LogP contribution in [0.15, 0.2) is 72.8 Å². The van der Waals surface area contributed by atoms with E-state index in [4.69, 9.17) is 11.6 Å². The van der Waals surface area contributed by atoms with Gasteiger partial charge in [0.2, 0.25) is 5.52 Å². The van der Waals surface area contributed by atoms with Crippen molar-refractivity contribution in [2.24, 2.45) is 0 Å². The molecule has 4 rings (SSSR count). The summed E-state index contributed by atoms with van der Waals surface area (Å²) in [5.74, 6) is 0. The number of aromatic nitrogens is 1. The Morgan fingerprint density at radius 3 is 2.34 bits per heavy atom. The Morgan fingerprint density at radius 2 is 1.69 bits per heavy atom. The number of anilines is 1. The van der Waals surface area contributed by atoms with Gasteiger partial charge in [0.1, 0.15) is 4.70 Å². The summed E-state index contributed by atoms with van der Waals surface area (Å²) >= 11 is 10.4. The smallest absolute Gasteiger partial charge is 0.264 e. The molecule has 0 saturated carbocycles. The number of hydrogen-bond donors (Lipinski definition) is 0. The quantitative estimate of drug-likeness (QED) is 0.155. The Bertz CT molecular complexity index is 1160. The molecule has 0 radical (unpaired) electrons. The molecule has 5 heteroatoms. The standard InChI is InChI=1S/C24H21ClIN2S/c1-27(2)20-11-8-18(9-12-20)21(17-6-4-3-5-7-17)15-24-28(16-26)22-13-10-19(25)14-23(22)29-24/h3-15H,16H2,1-2H3/q+1. The van der Waals surface area contributed by atoms with Crippen LogP contribution >= 0.6 is 45.5 Å². The predicted molar refractivity (Wildman–Crippen MR) is 135 cm³/mol. The van der Waals surface area contributed by atoms with Gasteiger partial charge >= 0.3 is 0 Å². The van der Waals surface area contributed by atoms with Crippen LogP contribution in [0.2, 0.25) is 5.02 Å². The van der Waals surface area contributed by atoms with Crippen LogP contribution in [0.4, 0.5) is 5.69 Å². The van der Waals surface area contributed by atoms with Gasteiger partial charge in [0.25, 0.3) is 5.01 Å². The molecule has 0 spiro atoms. The van der Waals surface area contributed by atoms with E-state index in [9.17, 15) is 0 Å². The van der Waals surface area contributed by atoms with Crippen LogP contribution in [0.3, 0.4) is 0 Å². The number of rotatable bonds is 5. The van der Waals surface area contributed by atoms with Gasteiger partial charge in [-0.2, -0.15) is 4.57 Å². The number of nitrogens with zero attached hydrogens (tertiary/aromatic N) is 2. The highest BCUT2D eigenvalue weighted by molar-refractivity contribution is 14.1. The first-order chi connectivity index (χ1) is 14.1. The molecule has 0 fully saturated rings. The fourth-order valence-electron chi connectivity index (χ4n) is 3.32. The number of alkyl halides is 1. The predicted octanol–water partition coefficient (Wildman–Crippen LogP) is 6.89. The number of halogens is 2. The van der Waals surface area contributed by atoms with Crippen molar-refractivity contribution in [3.63, 3.8) is 0 Å². The molecule has 29 heavy (non-hydrogen) atoms. The second kappa shape index (κ2) is 8.86. The minimum atomic E-state index is 0.775. The highest BCUT2D eigenvalue weighted by atomic mass is 127. The number of thiazole rings is 1. The largest absolute Gasteiger partial charge is 0.378 e. The molecular weight excluding hydrogens is 511 g/mol. The van der Waals surface area contributed by atoms with E-state index in [-0.39, 0.29) is 0 Å². The van der Waals surface area contributed by atoms with Crippen molar-refractivity contribution >= 4 is 73.1 Å². The second-order valence-electron chi connectivity index (χ2n) is 6.97. The summed E-state index contributed by atoms with van der Waals surface area (Å²) in [6, 6.07) is 25.4. The first-order valence-electron chi connectivity index (χ1n) is 9.29. The molecule has 4 aromatic rings. The van der Waals surface area contributed by atoms with E-state index >= 15 is 0 Å². The van der Waals surface area contributed by atoms with E-state index in [0.29, 0.717) is 0 Å². The molecule has 3 aromatic carbocycles. The van der Waals surface area contributed by atoms with Crippen molar-refractivity contribution in [2.45, 2.75) is 4.55 Å². The second-order valence-corrected chi connectivity index (χ2v) is 9.15. The molecular formula is C24H21ClIN2S+. The lowest BCUT2D eigenvalue weighted by molar-refractivity contribution is -0.641. The zero-order valence-corrected chi connectivity index (χ0v) is 20.0. The Labute approximate surface area is 194 Å². The van der Waals surface area contributed by atoms with Crippen molar-refractivity contribution < 1.29 is 4.57 Å². The van der Waals surface area contributed by atoms with Crippen LogP contribution in [-0.4, -0.2) is 14.1 Å². The summed E-state index contributed by atoms with van der Waals surface area (Å²) in [6.45, 7) is 0. The molecule has 0 atom stereocenters. The summed E-state index contributed by atoms with van der Waals surface area (Å²) in [5, 5.41) is 1.99. The number of hydrogen-bond acceptors (Lipinski definition) is 2. The molecule has 0 aliphatic heterocycles. The molecule has 146 valence electrons. The fourth-order valence-corrected chi connectivity index (χ4v) is 5.67. The lowest BCUT2D eigenvalue weighted by Crippen LogP contribution is -2.32. The van der Waals surface area contributed by atoms with Gasteiger partial charge in [-0.25, -0.2) is 0 Å². The van der Waals surface area contributed by atoms with Crippen LogP contribution in [0.25, 0.3) is 21.9 Å². The van der Waals surface area contributed by atoms with Gasteiger partial charge in [0.15, 0.2) is 4.55 Å². The van der Waals surface area contributed by atoms with Gasteiger partial charge in [-0.3, -0.25) is 0 Å². The summed E-state index contributed by atoms with van der Waals surface area (Å²) in [6.07, 6.45) is 2.30. The van der Waals surface area contributed by atoms with Crippen molar-refractivity contribution in [3.8, 4) is 0 Å². The average molecular weight is 532 g/mol. The molecule has 0 unspecified atom stereocenters. The highest BCUT2D eigenvalue weighted by Crippen LogP contribution is 2.31. The maximum atomic E-state index is 6.24. The highest BCUT2D eigenvalue weighted by Gasteiger charge is 2.19. The number of fused-ring (bicyclic) bond motifs is 1. The minimum Gasteiger partial charge on any atom is -0.378 e. The maximum absolute atomic E-state index is 6.24. The van der Waals surface area contributed by atoms with Crippen LogP contribution in [0.5, 0.6) is 0 Å². The Morgan fingerprint density at radius 1 is 1.00 bits per heavy atom. The molecule has 1 heterocycles.